The van der Waals surface area contributed by atoms with Crippen LogP contribution < -0.4 is 5.32 Å². The fraction of sp³-hybridized carbons (Fsp3) is 0.500. The van der Waals surface area contributed by atoms with Gasteiger partial charge in [0.05, 0.1) is 21.8 Å². The SMILES string of the molecule is COC1CCCC(Nc2ccc3ncsc3c2)C1. The van der Waals surface area contributed by atoms with E-state index in [0.717, 1.165) is 11.9 Å². The summed E-state index contributed by atoms with van der Waals surface area (Å²) in [6.45, 7) is 0. The molecule has 0 amide bonds. The number of thiazole rings is 1. The minimum atomic E-state index is 0.420. The Bertz CT molecular complexity index is 525. The van der Waals surface area contributed by atoms with Crippen LogP contribution in [-0.2, 0) is 4.74 Å². The van der Waals surface area contributed by atoms with Gasteiger partial charge in [-0.1, -0.05) is 0 Å². The fourth-order valence-corrected chi connectivity index (χ4v) is 3.39. The van der Waals surface area contributed by atoms with E-state index in [4.69, 9.17) is 4.74 Å². The molecule has 1 saturated carbocycles. The first-order chi connectivity index (χ1) is 8.85. The number of benzene rings is 1. The summed E-state index contributed by atoms with van der Waals surface area (Å²) in [6.07, 6.45) is 5.21. The van der Waals surface area contributed by atoms with Gasteiger partial charge in [0.15, 0.2) is 0 Å². The third kappa shape index (κ3) is 2.49. The smallest absolute Gasteiger partial charge is 0.0813 e. The van der Waals surface area contributed by atoms with E-state index in [9.17, 15) is 0 Å². The van der Waals surface area contributed by atoms with Crippen molar-refractivity contribution >= 4 is 27.2 Å². The second-order valence-corrected chi connectivity index (χ2v) is 5.79. The van der Waals surface area contributed by atoms with Crippen molar-refractivity contribution in [3.8, 4) is 0 Å². The van der Waals surface area contributed by atoms with Crippen molar-refractivity contribution < 1.29 is 4.74 Å². The molecule has 1 N–H and O–H groups in total. The molecule has 0 saturated heterocycles. The zero-order chi connectivity index (χ0) is 12.4. The average Bonchev–Trinajstić information content (AvgIpc) is 2.86. The minimum absolute atomic E-state index is 0.420. The molecule has 18 heavy (non-hydrogen) atoms. The zero-order valence-electron chi connectivity index (χ0n) is 10.6. The van der Waals surface area contributed by atoms with Crippen LogP contribution in [0.3, 0.4) is 0 Å². The van der Waals surface area contributed by atoms with Crippen molar-refractivity contribution in [1.29, 1.82) is 0 Å². The Kier molecular flexibility index (Phi) is 3.48. The average molecular weight is 262 g/mol. The molecule has 4 heteroatoms. The number of ether oxygens (including phenoxy) is 1. The molecule has 2 atom stereocenters. The van der Waals surface area contributed by atoms with Gasteiger partial charge >= 0.3 is 0 Å². The van der Waals surface area contributed by atoms with Gasteiger partial charge in [0.1, 0.15) is 0 Å². The van der Waals surface area contributed by atoms with E-state index in [1.807, 2.05) is 12.6 Å². The number of nitrogens with one attached hydrogen (secondary N) is 1. The van der Waals surface area contributed by atoms with Crippen LogP contribution in [0.15, 0.2) is 23.7 Å². The van der Waals surface area contributed by atoms with Crippen LogP contribution in [-0.4, -0.2) is 24.2 Å². The first kappa shape index (κ1) is 11.9. The highest BCUT2D eigenvalue weighted by Gasteiger charge is 2.21. The molecular weight excluding hydrogens is 244 g/mol. The molecule has 2 aromatic rings. The van der Waals surface area contributed by atoms with E-state index in [1.165, 1.54) is 29.6 Å². The molecular formula is C14H18N2OS. The van der Waals surface area contributed by atoms with Gasteiger partial charge in [-0.25, -0.2) is 4.98 Å². The van der Waals surface area contributed by atoms with E-state index in [0.29, 0.717) is 12.1 Å². The third-order valence-electron chi connectivity index (χ3n) is 3.66. The molecule has 1 aliphatic carbocycles. The highest BCUT2D eigenvalue weighted by atomic mass is 32.1. The lowest BCUT2D eigenvalue weighted by molar-refractivity contribution is 0.0669. The molecule has 0 aliphatic heterocycles. The number of aromatic nitrogens is 1. The van der Waals surface area contributed by atoms with Crippen molar-refractivity contribution in [3.63, 3.8) is 0 Å². The van der Waals surface area contributed by atoms with Crippen molar-refractivity contribution in [2.24, 2.45) is 0 Å². The first-order valence-corrected chi connectivity index (χ1v) is 7.35. The number of rotatable bonds is 3. The van der Waals surface area contributed by atoms with E-state index in [1.54, 1.807) is 11.3 Å². The lowest BCUT2D eigenvalue weighted by Gasteiger charge is -2.29. The van der Waals surface area contributed by atoms with Gasteiger partial charge in [-0.05, 0) is 43.9 Å². The second-order valence-electron chi connectivity index (χ2n) is 4.90. The lowest BCUT2D eigenvalue weighted by atomic mass is 9.92. The highest BCUT2D eigenvalue weighted by molar-refractivity contribution is 7.16. The van der Waals surface area contributed by atoms with Gasteiger partial charge < -0.3 is 10.1 Å². The monoisotopic (exact) mass is 262 g/mol. The summed E-state index contributed by atoms with van der Waals surface area (Å²) in [5, 5.41) is 3.63. The summed E-state index contributed by atoms with van der Waals surface area (Å²) in [5.74, 6) is 0. The third-order valence-corrected chi connectivity index (χ3v) is 4.45. The number of anilines is 1. The number of hydrogen-bond acceptors (Lipinski definition) is 4. The van der Waals surface area contributed by atoms with Crippen molar-refractivity contribution in [2.45, 2.75) is 37.8 Å². The van der Waals surface area contributed by atoms with Gasteiger partial charge in [0.2, 0.25) is 0 Å². The molecule has 3 rings (SSSR count). The Labute approximate surface area is 111 Å². The molecule has 1 heterocycles. The van der Waals surface area contributed by atoms with Crippen LogP contribution in [0, 0.1) is 0 Å². The van der Waals surface area contributed by atoms with Gasteiger partial charge in [-0.3, -0.25) is 0 Å². The molecule has 1 aromatic heterocycles. The molecule has 2 unspecified atom stereocenters. The second kappa shape index (κ2) is 5.24. The summed E-state index contributed by atoms with van der Waals surface area (Å²) < 4.78 is 6.72. The maximum absolute atomic E-state index is 5.47. The quantitative estimate of drug-likeness (QED) is 0.916. The highest BCUT2D eigenvalue weighted by Crippen LogP contribution is 2.26. The summed E-state index contributed by atoms with van der Waals surface area (Å²) in [5.41, 5.74) is 4.19. The molecule has 0 bridgehead atoms. The van der Waals surface area contributed by atoms with Crippen molar-refractivity contribution in [2.75, 3.05) is 12.4 Å². The normalized spacial score (nSPS) is 24.3. The number of fused-ring (bicyclic) bond motifs is 1. The summed E-state index contributed by atoms with van der Waals surface area (Å²) in [4.78, 5) is 4.30. The lowest BCUT2D eigenvalue weighted by Crippen LogP contribution is -2.30. The number of methoxy groups -OCH3 is 1. The van der Waals surface area contributed by atoms with Gasteiger partial charge in [-0.15, -0.1) is 11.3 Å². The van der Waals surface area contributed by atoms with Crippen LogP contribution >= 0.6 is 11.3 Å². The number of hydrogen-bond donors (Lipinski definition) is 1. The van der Waals surface area contributed by atoms with Crippen LogP contribution in [0.2, 0.25) is 0 Å². The Morgan fingerprint density at radius 3 is 3.22 bits per heavy atom. The zero-order valence-corrected chi connectivity index (χ0v) is 11.4. The largest absolute Gasteiger partial charge is 0.382 e. The fourth-order valence-electron chi connectivity index (χ4n) is 2.67. The van der Waals surface area contributed by atoms with Crippen LogP contribution in [0.5, 0.6) is 0 Å². The molecule has 1 aliphatic rings. The van der Waals surface area contributed by atoms with E-state index in [2.05, 4.69) is 28.5 Å². The van der Waals surface area contributed by atoms with Crippen LogP contribution in [0.1, 0.15) is 25.7 Å². The maximum atomic E-state index is 5.47. The maximum Gasteiger partial charge on any atom is 0.0813 e. The topological polar surface area (TPSA) is 34.1 Å². The predicted molar refractivity (Wildman–Crippen MR) is 76.3 cm³/mol. The Hall–Kier alpha value is -1.13. The molecule has 96 valence electrons. The summed E-state index contributed by atoms with van der Waals surface area (Å²) in [6, 6.07) is 6.95. The minimum Gasteiger partial charge on any atom is -0.382 e. The molecule has 1 fully saturated rings. The Morgan fingerprint density at radius 2 is 2.33 bits per heavy atom. The molecule has 3 nitrogen and oxygen atoms in total. The van der Waals surface area contributed by atoms with Crippen molar-refractivity contribution in [3.05, 3.63) is 23.7 Å². The summed E-state index contributed by atoms with van der Waals surface area (Å²) in [7, 11) is 1.82. The number of nitrogens with zero attached hydrogens (tertiary/aromatic N) is 1. The van der Waals surface area contributed by atoms with Crippen LogP contribution in [0.25, 0.3) is 10.2 Å². The molecule has 1 aromatic carbocycles. The van der Waals surface area contributed by atoms with Crippen molar-refractivity contribution in [1.82, 2.24) is 4.98 Å². The van der Waals surface area contributed by atoms with Gasteiger partial charge in [0, 0.05) is 18.8 Å². The van der Waals surface area contributed by atoms with E-state index < -0.39 is 0 Å². The van der Waals surface area contributed by atoms with E-state index in [-0.39, 0.29) is 0 Å². The van der Waals surface area contributed by atoms with E-state index >= 15 is 0 Å². The van der Waals surface area contributed by atoms with Crippen LogP contribution in [0.4, 0.5) is 5.69 Å². The summed E-state index contributed by atoms with van der Waals surface area (Å²) >= 11 is 1.69. The van der Waals surface area contributed by atoms with Gasteiger partial charge in [-0.2, -0.15) is 0 Å². The predicted octanol–water partition coefficient (Wildman–Crippen LogP) is 3.67. The molecule has 0 spiro atoms. The van der Waals surface area contributed by atoms with Gasteiger partial charge in [0.25, 0.3) is 0 Å². The molecule has 0 radical (unpaired) electrons. The first-order valence-electron chi connectivity index (χ1n) is 6.48. The standard InChI is InChI=1S/C14H18N2OS/c1-17-12-4-2-3-10(7-12)16-11-5-6-13-14(8-11)18-9-15-13/h5-6,8-10,12,16H,2-4,7H2,1H3. The Balaban J connectivity index is 1.71. The Morgan fingerprint density at radius 1 is 1.39 bits per heavy atom.